The van der Waals surface area contributed by atoms with Crippen molar-refractivity contribution in [2.45, 2.75) is 25.4 Å². The van der Waals surface area contributed by atoms with E-state index < -0.39 is 11.7 Å². The van der Waals surface area contributed by atoms with Gasteiger partial charge in [0.15, 0.2) is 0 Å². The van der Waals surface area contributed by atoms with Crippen LogP contribution in [0.15, 0.2) is 60.8 Å². The van der Waals surface area contributed by atoms with E-state index >= 15 is 0 Å². The van der Waals surface area contributed by atoms with E-state index in [9.17, 15) is 22.8 Å². The predicted molar refractivity (Wildman–Crippen MR) is 121 cm³/mol. The standard InChI is InChI=1S/C24H23F3N2O2S/c1-16(12-15-30)28-22(32)18-10-13-29(14-11-18)23(31)21-5-3-2-4-20(21)17-6-8-19(9-7-17)24(25,26)27/h2-9,15,18H,1,10-14H2,(H,28,32). The number of carbonyl (C=O) groups is 2. The summed E-state index contributed by atoms with van der Waals surface area (Å²) in [7, 11) is 0. The van der Waals surface area contributed by atoms with Crippen molar-refractivity contribution < 1.29 is 22.8 Å². The zero-order valence-corrected chi connectivity index (χ0v) is 18.1. The Labute approximate surface area is 190 Å². The number of carbonyl (C=O) groups excluding carboxylic acids is 2. The maximum atomic E-state index is 13.2. The number of rotatable bonds is 6. The molecule has 1 aliphatic heterocycles. The molecule has 1 heterocycles. The van der Waals surface area contributed by atoms with Gasteiger partial charge in [-0.25, -0.2) is 0 Å². The highest BCUT2D eigenvalue weighted by Gasteiger charge is 2.30. The first kappa shape index (κ1) is 23.7. The first-order chi connectivity index (χ1) is 15.2. The molecular weight excluding hydrogens is 437 g/mol. The molecule has 1 amide bonds. The van der Waals surface area contributed by atoms with E-state index in [2.05, 4.69) is 11.9 Å². The number of allylic oxidation sites excluding steroid dienone is 1. The van der Waals surface area contributed by atoms with Crippen LogP contribution < -0.4 is 5.32 Å². The zero-order chi connectivity index (χ0) is 23.3. The van der Waals surface area contributed by atoms with Crippen molar-refractivity contribution in [3.63, 3.8) is 0 Å². The number of nitrogens with one attached hydrogen (secondary N) is 1. The number of benzene rings is 2. The lowest BCUT2D eigenvalue weighted by molar-refractivity contribution is -0.137. The van der Waals surface area contributed by atoms with Crippen LogP contribution in [0, 0.1) is 5.92 Å². The molecule has 0 atom stereocenters. The number of thiocarbonyl (C=S) groups is 1. The largest absolute Gasteiger partial charge is 0.416 e. The van der Waals surface area contributed by atoms with E-state index in [0.717, 1.165) is 18.4 Å². The Balaban J connectivity index is 1.70. The van der Waals surface area contributed by atoms with Gasteiger partial charge in [-0.15, -0.1) is 0 Å². The van der Waals surface area contributed by atoms with Crippen LogP contribution in [0.3, 0.4) is 0 Å². The molecule has 0 bridgehead atoms. The summed E-state index contributed by atoms with van der Waals surface area (Å²) < 4.78 is 38.6. The Hall–Kier alpha value is -3.00. The quantitative estimate of drug-likeness (QED) is 0.473. The third-order valence-corrected chi connectivity index (χ3v) is 5.90. The fourth-order valence-corrected chi connectivity index (χ4v) is 4.08. The first-order valence-electron chi connectivity index (χ1n) is 10.2. The SMILES string of the molecule is C=C(CC=O)NC(=S)C1CCN(C(=O)c2ccccc2-c2ccc(C(F)(F)F)cc2)CC1. The van der Waals surface area contributed by atoms with Crippen molar-refractivity contribution in [2.75, 3.05) is 13.1 Å². The van der Waals surface area contributed by atoms with Crippen molar-refractivity contribution in [1.29, 1.82) is 0 Å². The Morgan fingerprint density at radius 2 is 1.75 bits per heavy atom. The van der Waals surface area contributed by atoms with Gasteiger partial charge < -0.3 is 15.0 Å². The summed E-state index contributed by atoms with van der Waals surface area (Å²) in [6.45, 7) is 4.78. The molecule has 3 rings (SSSR count). The molecule has 0 aromatic heterocycles. The molecule has 1 N–H and O–H groups in total. The number of aldehydes is 1. The summed E-state index contributed by atoms with van der Waals surface area (Å²) in [6.07, 6.45) is -2.11. The molecule has 0 unspecified atom stereocenters. The highest BCUT2D eigenvalue weighted by Crippen LogP contribution is 2.32. The van der Waals surface area contributed by atoms with Crippen molar-refractivity contribution in [1.82, 2.24) is 10.2 Å². The number of halogens is 3. The maximum absolute atomic E-state index is 13.2. The van der Waals surface area contributed by atoms with Crippen LogP contribution in [-0.2, 0) is 11.0 Å². The molecule has 2 aromatic carbocycles. The van der Waals surface area contributed by atoms with Gasteiger partial charge in [-0.2, -0.15) is 13.2 Å². The van der Waals surface area contributed by atoms with E-state index in [4.69, 9.17) is 12.2 Å². The minimum absolute atomic E-state index is 0.0857. The molecule has 168 valence electrons. The molecular formula is C24H23F3N2O2S. The normalized spacial score (nSPS) is 14.7. The minimum Gasteiger partial charge on any atom is -0.353 e. The van der Waals surface area contributed by atoms with Crippen LogP contribution in [0.1, 0.15) is 35.2 Å². The smallest absolute Gasteiger partial charge is 0.353 e. The third kappa shape index (κ3) is 5.62. The lowest BCUT2D eigenvalue weighted by Crippen LogP contribution is -2.42. The fourth-order valence-electron chi connectivity index (χ4n) is 3.70. The van der Waals surface area contributed by atoms with Crippen molar-refractivity contribution in [3.8, 4) is 11.1 Å². The average molecular weight is 461 g/mol. The molecule has 0 saturated carbocycles. The van der Waals surface area contributed by atoms with E-state index in [-0.39, 0.29) is 18.2 Å². The van der Waals surface area contributed by atoms with E-state index in [1.165, 1.54) is 12.1 Å². The zero-order valence-electron chi connectivity index (χ0n) is 17.3. The van der Waals surface area contributed by atoms with E-state index in [1.54, 1.807) is 29.2 Å². The number of alkyl halides is 3. The van der Waals surface area contributed by atoms with Crippen LogP contribution in [0.4, 0.5) is 13.2 Å². The highest BCUT2D eigenvalue weighted by atomic mass is 32.1. The molecule has 1 aliphatic rings. The predicted octanol–water partition coefficient (Wildman–Crippen LogP) is 5.24. The molecule has 0 spiro atoms. The molecule has 4 nitrogen and oxygen atoms in total. The number of piperidine rings is 1. The van der Waals surface area contributed by atoms with Crippen molar-refractivity contribution >= 4 is 29.4 Å². The average Bonchev–Trinajstić information content (AvgIpc) is 2.78. The van der Waals surface area contributed by atoms with Gasteiger partial charge >= 0.3 is 6.18 Å². The van der Waals surface area contributed by atoms with Gasteiger partial charge in [0.05, 0.1) is 10.6 Å². The Kier molecular flexibility index (Phi) is 7.45. The maximum Gasteiger partial charge on any atom is 0.416 e. The summed E-state index contributed by atoms with van der Waals surface area (Å²) in [4.78, 5) is 26.1. The second-order valence-corrected chi connectivity index (χ2v) is 8.09. The molecule has 0 aliphatic carbocycles. The van der Waals surface area contributed by atoms with E-state index in [1.807, 2.05) is 0 Å². The molecule has 8 heteroatoms. The fraction of sp³-hybridized carbons (Fsp3) is 0.292. The monoisotopic (exact) mass is 460 g/mol. The van der Waals surface area contributed by atoms with Gasteiger partial charge in [-0.1, -0.05) is 49.1 Å². The molecule has 1 fully saturated rings. The van der Waals surface area contributed by atoms with Gasteiger partial charge in [0, 0.05) is 36.7 Å². The summed E-state index contributed by atoms with van der Waals surface area (Å²) >= 11 is 5.41. The van der Waals surface area contributed by atoms with Gasteiger partial charge in [0.1, 0.15) is 6.29 Å². The summed E-state index contributed by atoms with van der Waals surface area (Å²) in [5.41, 5.74) is 1.42. The molecule has 2 aromatic rings. The molecule has 1 saturated heterocycles. The van der Waals surface area contributed by atoms with Gasteiger partial charge in [-0.05, 0) is 42.2 Å². The van der Waals surface area contributed by atoms with Crippen LogP contribution in [0.25, 0.3) is 11.1 Å². The highest BCUT2D eigenvalue weighted by molar-refractivity contribution is 7.80. The number of hydrogen-bond donors (Lipinski definition) is 1. The second-order valence-electron chi connectivity index (χ2n) is 7.65. The van der Waals surface area contributed by atoms with Crippen molar-refractivity contribution in [2.24, 2.45) is 5.92 Å². The van der Waals surface area contributed by atoms with Gasteiger partial charge in [0.2, 0.25) is 0 Å². The van der Waals surface area contributed by atoms with Gasteiger partial charge in [-0.3, -0.25) is 4.79 Å². The topological polar surface area (TPSA) is 49.4 Å². The first-order valence-corrected chi connectivity index (χ1v) is 10.6. The minimum atomic E-state index is -4.41. The Bertz CT molecular complexity index is 1010. The lowest BCUT2D eigenvalue weighted by Gasteiger charge is -2.33. The van der Waals surface area contributed by atoms with Crippen LogP contribution in [0.5, 0.6) is 0 Å². The van der Waals surface area contributed by atoms with E-state index in [0.29, 0.717) is 53.3 Å². The summed E-state index contributed by atoms with van der Waals surface area (Å²) in [5.74, 6) is -0.0780. The van der Waals surface area contributed by atoms with Crippen LogP contribution in [0.2, 0.25) is 0 Å². The summed E-state index contributed by atoms with van der Waals surface area (Å²) in [5, 5.41) is 2.99. The second kappa shape index (κ2) is 10.1. The third-order valence-electron chi connectivity index (χ3n) is 5.46. The summed E-state index contributed by atoms with van der Waals surface area (Å²) in [6, 6.07) is 11.7. The Morgan fingerprint density at radius 1 is 1.12 bits per heavy atom. The molecule has 32 heavy (non-hydrogen) atoms. The Morgan fingerprint density at radius 3 is 2.34 bits per heavy atom. The van der Waals surface area contributed by atoms with Crippen molar-refractivity contribution in [3.05, 3.63) is 71.9 Å². The lowest BCUT2D eigenvalue weighted by atomic mass is 9.94. The van der Waals surface area contributed by atoms with Crippen LogP contribution in [-0.4, -0.2) is 35.2 Å². The number of hydrogen-bond acceptors (Lipinski definition) is 3. The van der Waals surface area contributed by atoms with Crippen LogP contribution >= 0.6 is 12.2 Å². The number of nitrogens with zero attached hydrogens (tertiary/aromatic N) is 1. The van der Waals surface area contributed by atoms with Gasteiger partial charge in [0.25, 0.3) is 5.91 Å². The number of amides is 1. The molecule has 0 radical (unpaired) electrons. The number of likely N-dealkylation sites (tertiary alicyclic amines) is 1.